The zero-order valence-electron chi connectivity index (χ0n) is 9.61. The second-order valence-corrected chi connectivity index (χ2v) is 4.01. The van der Waals surface area contributed by atoms with Crippen LogP contribution >= 0.6 is 0 Å². The summed E-state index contributed by atoms with van der Waals surface area (Å²) in [6.07, 6.45) is 2.19. The Bertz CT molecular complexity index is 482. The Morgan fingerprint density at radius 1 is 1.41 bits per heavy atom. The number of furan rings is 1. The molecule has 17 heavy (non-hydrogen) atoms. The highest BCUT2D eigenvalue weighted by Crippen LogP contribution is 2.20. The number of hydrogen-bond donors (Lipinski definition) is 2. The molecule has 1 aromatic heterocycles. The lowest BCUT2D eigenvalue weighted by Gasteiger charge is -2.15. The molecule has 0 aliphatic heterocycles. The lowest BCUT2D eigenvalue weighted by atomic mass is 10.00. The first-order valence-corrected chi connectivity index (χ1v) is 5.45. The van der Waals surface area contributed by atoms with Crippen LogP contribution in [0.1, 0.15) is 22.9 Å². The standard InChI is InChI=1S/C13H15FN2O/c1-9-4-5-11(14)7-10(9)8-12(16-15)13-3-2-6-17-13/h2-7,12,16H,8,15H2,1H3. The molecule has 0 aliphatic rings. The van der Waals surface area contributed by atoms with Gasteiger partial charge in [-0.05, 0) is 48.7 Å². The van der Waals surface area contributed by atoms with Gasteiger partial charge in [-0.2, -0.15) is 0 Å². The molecular formula is C13H15FN2O. The molecule has 2 rings (SSSR count). The van der Waals surface area contributed by atoms with Crippen LogP contribution in [0.25, 0.3) is 0 Å². The molecule has 0 bridgehead atoms. The Hall–Kier alpha value is -1.65. The van der Waals surface area contributed by atoms with E-state index < -0.39 is 0 Å². The van der Waals surface area contributed by atoms with Crippen molar-refractivity contribution >= 4 is 0 Å². The minimum Gasteiger partial charge on any atom is -0.468 e. The Morgan fingerprint density at radius 2 is 2.24 bits per heavy atom. The fourth-order valence-corrected chi connectivity index (χ4v) is 1.81. The molecule has 1 unspecified atom stereocenters. The van der Waals surface area contributed by atoms with Gasteiger partial charge >= 0.3 is 0 Å². The summed E-state index contributed by atoms with van der Waals surface area (Å²) in [5.41, 5.74) is 4.64. The fraction of sp³-hybridized carbons (Fsp3) is 0.231. The molecule has 1 aromatic carbocycles. The highest BCUT2D eigenvalue weighted by atomic mass is 19.1. The highest BCUT2D eigenvalue weighted by Gasteiger charge is 2.14. The van der Waals surface area contributed by atoms with Crippen molar-refractivity contribution in [1.29, 1.82) is 0 Å². The molecule has 90 valence electrons. The third-order valence-electron chi connectivity index (χ3n) is 2.82. The van der Waals surface area contributed by atoms with Crippen molar-refractivity contribution in [1.82, 2.24) is 5.43 Å². The van der Waals surface area contributed by atoms with Crippen molar-refractivity contribution < 1.29 is 8.81 Å². The first-order valence-electron chi connectivity index (χ1n) is 5.45. The zero-order chi connectivity index (χ0) is 12.3. The molecule has 0 saturated carbocycles. The smallest absolute Gasteiger partial charge is 0.123 e. The van der Waals surface area contributed by atoms with E-state index in [1.807, 2.05) is 13.0 Å². The summed E-state index contributed by atoms with van der Waals surface area (Å²) in [7, 11) is 0. The maximum absolute atomic E-state index is 13.2. The number of nitrogens with one attached hydrogen (secondary N) is 1. The van der Waals surface area contributed by atoms with Crippen molar-refractivity contribution in [2.45, 2.75) is 19.4 Å². The largest absolute Gasteiger partial charge is 0.468 e. The van der Waals surface area contributed by atoms with Crippen LogP contribution in [0.5, 0.6) is 0 Å². The average Bonchev–Trinajstić information content (AvgIpc) is 2.84. The second kappa shape index (κ2) is 5.12. The third kappa shape index (κ3) is 2.72. The van der Waals surface area contributed by atoms with Crippen molar-refractivity contribution in [2.75, 3.05) is 0 Å². The molecule has 0 saturated heterocycles. The number of hydrogen-bond acceptors (Lipinski definition) is 3. The fourth-order valence-electron chi connectivity index (χ4n) is 1.81. The van der Waals surface area contributed by atoms with E-state index in [0.717, 1.165) is 16.9 Å². The molecule has 0 aliphatic carbocycles. The summed E-state index contributed by atoms with van der Waals surface area (Å²) in [4.78, 5) is 0. The molecule has 0 amide bonds. The Labute approximate surface area is 99.4 Å². The molecule has 3 N–H and O–H groups in total. The Morgan fingerprint density at radius 3 is 2.88 bits per heavy atom. The zero-order valence-corrected chi connectivity index (χ0v) is 9.61. The molecular weight excluding hydrogens is 219 g/mol. The van der Waals surface area contributed by atoms with Gasteiger partial charge in [-0.1, -0.05) is 6.07 Å². The Kier molecular flexibility index (Phi) is 3.56. The molecule has 2 aromatic rings. The Balaban J connectivity index is 2.21. The van der Waals surface area contributed by atoms with Crippen molar-refractivity contribution in [2.24, 2.45) is 5.84 Å². The monoisotopic (exact) mass is 234 g/mol. The molecule has 0 spiro atoms. The van der Waals surface area contributed by atoms with E-state index in [-0.39, 0.29) is 11.9 Å². The molecule has 1 heterocycles. The average molecular weight is 234 g/mol. The maximum Gasteiger partial charge on any atom is 0.123 e. The predicted molar refractivity (Wildman–Crippen MR) is 63.6 cm³/mol. The summed E-state index contributed by atoms with van der Waals surface area (Å²) in [5, 5.41) is 0. The van der Waals surface area contributed by atoms with Crippen molar-refractivity contribution in [3.8, 4) is 0 Å². The van der Waals surface area contributed by atoms with E-state index in [1.165, 1.54) is 12.1 Å². The van der Waals surface area contributed by atoms with Gasteiger partial charge in [0.1, 0.15) is 11.6 Å². The van der Waals surface area contributed by atoms with Crippen molar-refractivity contribution in [3.63, 3.8) is 0 Å². The van der Waals surface area contributed by atoms with Crippen LogP contribution in [-0.2, 0) is 6.42 Å². The van der Waals surface area contributed by atoms with E-state index >= 15 is 0 Å². The van der Waals surface area contributed by atoms with Crippen LogP contribution in [0.2, 0.25) is 0 Å². The second-order valence-electron chi connectivity index (χ2n) is 4.01. The van der Waals surface area contributed by atoms with Crippen LogP contribution < -0.4 is 11.3 Å². The summed E-state index contributed by atoms with van der Waals surface area (Å²) in [5.74, 6) is 6.01. The number of hydrazine groups is 1. The summed E-state index contributed by atoms with van der Waals surface area (Å²) < 4.78 is 18.5. The first kappa shape index (κ1) is 11.8. The van der Waals surface area contributed by atoms with Crippen LogP contribution in [0.3, 0.4) is 0 Å². The lowest BCUT2D eigenvalue weighted by molar-refractivity contribution is 0.415. The third-order valence-corrected chi connectivity index (χ3v) is 2.82. The van der Waals surface area contributed by atoms with Gasteiger partial charge in [0.2, 0.25) is 0 Å². The van der Waals surface area contributed by atoms with E-state index in [9.17, 15) is 4.39 Å². The number of halogens is 1. The SMILES string of the molecule is Cc1ccc(F)cc1CC(NN)c1ccco1. The van der Waals surface area contributed by atoms with Gasteiger partial charge in [0.05, 0.1) is 12.3 Å². The number of benzene rings is 1. The quantitative estimate of drug-likeness (QED) is 0.631. The van der Waals surface area contributed by atoms with E-state index in [4.69, 9.17) is 10.3 Å². The summed E-state index contributed by atoms with van der Waals surface area (Å²) in [6, 6.07) is 8.25. The summed E-state index contributed by atoms with van der Waals surface area (Å²) >= 11 is 0. The van der Waals surface area contributed by atoms with E-state index in [2.05, 4.69) is 5.43 Å². The predicted octanol–water partition coefficient (Wildman–Crippen LogP) is 2.47. The summed E-state index contributed by atoms with van der Waals surface area (Å²) in [6.45, 7) is 1.95. The number of nitrogens with two attached hydrogens (primary N) is 1. The topological polar surface area (TPSA) is 51.2 Å². The van der Waals surface area contributed by atoms with Crippen LogP contribution in [0.15, 0.2) is 41.0 Å². The van der Waals surface area contributed by atoms with Crippen molar-refractivity contribution in [3.05, 3.63) is 59.3 Å². The minimum absolute atomic E-state index is 0.148. The van der Waals surface area contributed by atoms with Gasteiger partial charge in [0.25, 0.3) is 0 Å². The van der Waals surface area contributed by atoms with Crippen LogP contribution in [-0.4, -0.2) is 0 Å². The highest BCUT2D eigenvalue weighted by molar-refractivity contribution is 5.28. The van der Waals surface area contributed by atoms with Gasteiger partial charge in [-0.3, -0.25) is 5.84 Å². The van der Waals surface area contributed by atoms with Gasteiger partial charge in [-0.25, -0.2) is 9.82 Å². The molecule has 3 nitrogen and oxygen atoms in total. The minimum atomic E-state index is -0.235. The van der Waals surface area contributed by atoms with E-state index in [1.54, 1.807) is 18.4 Å². The lowest BCUT2D eigenvalue weighted by Crippen LogP contribution is -2.29. The maximum atomic E-state index is 13.2. The van der Waals surface area contributed by atoms with Gasteiger partial charge < -0.3 is 4.42 Å². The number of aryl methyl sites for hydroxylation is 1. The van der Waals surface area contributed by atoms with Gasteiger partial charge in [-0.15, -0.1) is 0 Å². The van der Waals surface area contributed by atoms with Crippen LogP contribution in [0.4, 0.5) is 4.39 Å². The number of rotatable bonds is 4. The van der Waals surface area contributed by atoms with Gasteiger partial charge in [0, 0.05) is 0 Å². The van der Waals surface area contributed by atoms with Crippen LogP contribution in [0, 0.1) is 12.7 Å². The first-order chi connectivity index (χ1) is 8.20. The molecule has 4 heteroatoms. The molecule has 1 atom stereocenters. The molecule has 0 fully saturated rings. The normalized spacial score (nSPS) is 12.6. The van der Waals surface area contributed by atoms with Gasteiger partial charge in [0.15, 0.2) is 0 Å². The van der Waals surface area contributed by atoms with E-state index in [0.29, 0.717) is 6.42 Å². The molecule has 0 radical (unpaired) electrons.